The molecule has 1 atom stereocenters. The molecule has 0 amide bonds. The third-order valence-corrected chi connectivity index (χ3v) is 4.83. The van der Waals surface area contributed by atoms with Gasteiger partial charge in [-0.25, -0.2) is 4.98 Å². The minimum Gasteiger partial charge on any atom is -0.366 e. The zero-order chi connectivity index (χ0) is 11.9. The maximum Gasteiger partial charge on any atom is 0.134 e. The highest BCUT2D eigenvalue weighted by molar-refractivity contribution is 7.17. The monoisotopic (exact) mass is 246 g/mol. The normalized spacial score (nSPS) is 23.1. The van der Waals surface area contributed by atoms with Crippen LogP contribution in [0.15, 0.2) is 23.7 Å². The number of hydrogen-bond donors (Lipinski definition) is 1. The van der Waals surface area contributed by atoms with Crippen molar-refractivity contribution in [1.29, 1.82) is 0 Å². The van der Waals surface area contributed by atoms with E-state index in [1.807, 2.05) is 6.20 Å². The van der Waals surface area contributed by atoms with E-state index in [9.17, 15) is 0 Å². The first kappa shape index (κ1) is 11.0. The van der Waals surface area contributed by atoms with Gasteiger partial charge in [0.1, 0.15) is 5.82 Å². The van der Waals surface area contributed by atoms with Gasteiger partial charge >= 0.3 is 0 Å². The molecule has 1 aliphatic carbocycles. The molecule has 0 aromatic carbocycles. The smallest absolute Gasteiger partial charge is 0.134 e. The molecule has 1 unspecified atom stereocenters. The predicted molar refractivity (Wildman–Crippen MR) is 74.7 cm³/mol. The van der Waals surface area contributed by atoms with Crippen LogP contribution in [0.3, 0.4) is 0 Å². The van der Waals surface area contributed by atoms with Crippen LogP contribution in [0.2, 0.25) is 0 Å². The van der Waals surface area contributed by atoms with Gasteiger partial charge in [-0.15, -0.1) is 11.3 Å². The fourth-order valence-corrected chi connectivity index (χ4v) is 3.55. The van der Waals surface area contributed by atoms with Gasteiger partial charge in [0.15, 0.2) is 0 Å². The lowest BCUT2D eigenvalue weighted by molar-refractivity contribution is 0.349. The van der Waals surface area contributed by atoms with Crippen molar-refractivity contribution in [1.82, 2.24) is 4.98 Å². The second kappa shape index (κ2) is 3.98. The second-order valence-corrected chi connectivity index (χ2v) is 6.52. The average molecular weight is 246 g/mol. The van der Waals surface area contributed by atoms with E-state index in [1.54, 1.807) is 11.3 Å². The van der Waals surface area contributed by atoms with E-state index in [2.05, 4.69) is 41.7 Å². The first-order valence-electron chi connectivity index (χ1n) is 6.25. The fourth-order valence-electron chi connectivity index (χ4n) is 2.77. The van der Waals surface area contributed by atoms with Crippen LogP contribution in [0.25, 0.3) is 10.1 Å². The Morgan fingerprint density at radius 1 is 1.41 bits per heavy atom. The van der Waals surface area contributed by atoms with Gasteiger partial charge in [0.05, 0.1) is 0 Å². The zero-order valence-corrected chi connectivity index (χ0v) is 11.2. The minimum absolute atomic E-state index is 0.389. The number of aromatic nitrogens is 1. The molecule has 2 aromatic heterocycles. The molecule has 0 aliphatic heterocycles. The number of nitrogens with zero attached hydrogens (tertiary/aromatic N) is 1. The number of rotatable bonds is 2. The molecule has 90 valence electrons. The summed E-state index contributed by atoms with van der Waals surface area (Å²) in [5, 5.41) is 7.06. The van der Waals surface area contributed by atoms with Crippen LogP contribution < -0.4 is 5.32 Å². The molecule has 0 bridgehead atoms. The van der Waals surface area contributed by atoms with Crippen LogP contribution in [0.5, 0.6) is 0 Å². The van der Waals surface area contributed by atoms with Gasteiger partial charge in [0, 0.05) is 22.3 Å². The van der Waals surface area contributed by atoms with Gasteiger partial charge in [-0.3, -0.25) is 0 Å². The summed E-state index contributed by atoms with van der Waals surface area (Å²) in [4.78, 5) is 4.50. The van der Waals surface area contributed by atoms with Crippen molar-refractivity contribution in [2.45, 2.75) is 39.2 Å². The van der Waals surface area contributed by atoms with Crippen molar-refractivity contribution < 1.29 is 0 Å². The fraction of sp³-hybridized carbons (Fsp3) is 0.500. The van der Waals surface area contributed by atoms with Crippen LogP contribution in [-0.2, 0) is 0 Å². The first-order chi connectivity index (χ1) is 8.17. The van der Waals surface area contributed by atoms with Crippen LogP contribution in [0.1, 0.15) is 33.1 Å². The molecule has 1 fully saturated rings. The number of thiophene rings is 1. The molecule has 0 radical (unpaired) electrons. The van der Waals surface area contributed by atoms with Crippen LogP contribution in [0, 0.1) is 5.41 Å². The topological polar surface area (TPSA) is 24.9 Å². The second-order valence-electron chi connectivity index (χ2n) is 5.57. The Kier molecular flexibility index (Phi) is 2.58. The molecule has 1 aliphatic rings. The summed E-state index contributed by atoms with van der Waals surface area (Å²) in [6.45, 7) is 4.71. The highest BCUT2D eigenvalue weighted by Gasteiger charge is 2.34. The third kappa shape index (κ3) is 1.93. The number of hydrogen-bond acceptors (Lipinski definition) is 3. The summed E-state index contributed by atoms with van der Waals surface area (Å²) in [5.41, 5.74) is 0.389. The van der Waals surface area contributed by atoms with E-state index < -0.39 is 0 Å². The van der Waals surface area contributed by atoms with Crippen LogP contribution in [-0.4, -0.2) is 11.0 Å². The molecular weight excluding hydrogens is 228 g/mol. The molecule has 3 rings (SSSR count). The molecule has 1 N–H and O–H groups in total. The molecule has 0 saturated heterocycles. The number of anilines is 1. The van der Waals surface area contributed by atoms with Gasteiger partial charge in [-0.05, 0) is 35.8 Å². The number of nitrogens with one attached hydrogen (secondary N) is 1. The van der Waals surface area contributed by atoms with Gasteiger partial charge in [-0.2, -0.15) is 0 Å². The summed E-state index contributed by atoms with van der Waals surface area (Å²) in [6.07, 6.45) is 5.80. The Balaban J connectivity index is 1.92. The lowest BCUT2D eigenvalue weighted by Crippen LogP contribution is -2.31. The van der Waals surface area contributed by atoms with E-state index in [1.165, 1.54) is 29.3 Å². The Hall–Kier alpha value is -1.09. The van der Waals surface area contributed by atoms with Crippen molar-refractivity contribution in [2.75, 3.05) is 5.32 Å². The molecule has 0 spiro atoms. The zero-order valence-electron chi connectivity index (χ0n) is 10.4. The van der Waals surface area contributed by atoms with Gasteiger partial charge in [-0.1, -0.05) is 20.3 Å². The summed E-state index contributed by atoms with van der Waals surface area (Å²) >= 11 is 1.78. The van der Waals surface area contributed by atoms with Crippen LogP contribution >= 0.6 is 11.3 Å². The van der Waals surface area contributed by atoms with E-state index in [0.717, 1.165) is 5.82 Å². The molecule has 2 nitrogen and oxygen atoms in total. The standard InChI is InChI=1S/C14H18N2S/c1-14(2)7-3-4-12(14)16-13-10-6-9-17-11(10)5-8-15-13/h5-6,8-9,12H,3-4,7H2,1-2H3,(H,15,16). The third-order valence-electron chi connectivity index (χ3n) is 3.95. The number of fused-ring (bicyclic) bond motifs is 1. The van der Waals surface area contributed by atoms with Crippen molar-refractivity contribution in [3.63, 3.8) is 0 Å². The Bertz CT molecular complexity index is 530. The molecule has 2 aromatic rings. The number of pyridine rings is 1. The van der Waals surface area contributed by atoms with E-state index in [4.69, 9.17) is 0 Å². The van der Waals surface area contributed by atoms with Gasteiger partial charge in [0.2, 0.25) is 0 Å². The first-order valence-corrected chi connectivity index (χ1v) is 7.13. The Morgan fingerprint density at radius 2 is 2.29 bits per heavy atom. The predicted octanol–water partition coefficient (Wildman–Crippen LogP) is 4.29. The summed E-state index contributed by atoms with van der Waals surface area (Å²) in [6, 6.07) is 4.81. The highest BCUT2D eigenvalue weighted by atomic mass is 32.1. The summed E-state index contributed by atoms with van der Waals surface area (Å²) < 4.78 is 1.32. The highest BCUT2D eigenvalue weighted by Crippen LogP contribution is 2.39. The van der Waals surface area contributed by atoms with Gasteiger partial charge < -0.3 is 5.32 Å². The lowest BCUT2D eigenvalue weighted by Gasteiger charge is -2.28. The summed E-state index contributed by atoms with van der Waals surface area (Å²) in [5.74, 6) is 1.06. The maximum atomic E-state index is 4.50. The molecular formula is C14H18N2S. The SMILES string of the molecule is CC1(C)CCCC1Nc1nccc2sccc12. The van der Waals surface area contributed by atoms with Crippen LogP contribution in [0.4, 0.5) is 5.82 Å². The largest absolute Gasteiger partial charge is 0.366 e. The van der Waals surface area contributed by atoms with Crippen molar-refractivity contribution in [3.8, 4) is 0 Å². The lowest BCUT2D eigenvalue weighted by atomic mass is 9.87. The molecule has 2 heterocycles. The van der Waals surface area contributed by atoms with E-state index >= 15 is 0 Å². The van der Waals surface area contributed by atoms with Crippen molar-refractivity contribution in [2.24, 2.45) is 5.41 Å². The quantitative estimate of drug-likeness (QED) is 0.855. The van der Waals surface area contributed by atoms with E-state index in [-0.39, 0.29) is 0 Å². The molecule has 1 saturated carbocycles. The van der Waals surface area contributed by atoms with Crippen molar-refractivity contribution >= 4 is 27.2 Å². The Labute approximate surface area is 106 Å². The molecule has 17 heavy (non-hydrogen) atoms. The summed E-state index contributed by atoms with van der Waals surface area (Å²) in [7, 11) is 0. The average Bonchev–Trinajstić information content (AvgIpc) is 2.86. The maximum absolute atomic E-state index is 4.50. The van der Waals surface area contributed by atoms with Crippen molar-refractivity contribution in [3.05, 3.63) is 23.7 Å². The Morgan fingerprint density at radius 3 is 3.06 bits per heavy atom. The van der Waals surface area contributed by atoms with E-state index in [0.29, 0.717) is 11.5 Å². The minimum atomic E-state index is 0.389. The molecule has 3 heteroatoms. The van der Waals surface area contributed by atoms with Gasteiger partial charge in [0.25, 0.3) is 0 Å².